The first-order valence-electron chi connectivity index (χ1n) is 10.0. The van der Waals surface area contributed by atoms with Crippen LogP contribution in [0.3, 0.4) is 0 Å². The fourth-order valence-corrected chi connectivity index (χ4v) is 3.91. The molecule has 3 heterocycles. The standard InChI is InChI=1S/C21H29N7O.H2/c1-14(2)29-16-4-5-18(22)17(10-16)21(23)19-11-20(25-26(19)3)27-8-6-15(12-27)28-9-7-24-13-28;/h4-5,7,9-11,14-15,23-24H,6,8,12-13,22H2,1-3H3;1H. The van der Waals surface area contributed by atoms with Crippen molar-refractivity contribution in [3.05, 3.63) is 47.9 Å². The van der Waals surface area contributed by atoms with Gasteiger partial charge in [-0.15, -0.1) is 0 Å². The fourth-order valence-electron chi connectivity index (χ4n) is 3.91. The van der Waals surface area contributed by atoms with E-state index in [1.165, 1.54) is 0 Å². The van der Waals surface area contributed by atoms with E-state index in [0.29, 0.717) is 28.8 Å². The van der Waals surface area contributed by atoms with Gasteiger partial charge in [-0.3, -0.25) is 10.1 Å². The molecule has 0 radical (unpaired) electrons. The van der Waals surface area contributed by atoms with E-state index in [1.807, 2.05) is 45.3 Å². The number of nitrogens with one attached hydrogen (secondary N) is 2. The zero-order valence-corrected chi connectivity index (χ0v) is 17.2. The van der Waals surface area contributed by atoms with Crippen molar-refractivity contribution in [1.82, 2.24) is 20.0 Å². The number of hydrogen-bond donors (Lipinski definition) is 3. The molecule has 2 aliphatic rings. The lowest BCUT2D eigenvalue weighted by Gasteiger charge is -2.23. The van der Waals surface area contributed by atoms with Gasteiger partial charge >= 0.3 is 0 Å². The number of anilines is 2. The Morgan fingerprint density at radius 1 is 1.38 bits per heavy atom. The van der Waals surface area contributed by atoms with Crippen molar-refractivity contribution in [1.29, 1.82) is 5.41 Å². The number of hydrogen-bond acceptors (Lipinski definition) is 7. The van der Waals surface area contributed by atoms with E-state index in [0.717, 1.165) is 37.7 Å². The maximum Gasteiger partial charge on any atom is 0.151 e. The summed E-state index contributed by atoms with van der Waals surface area (Å²) >= 11 is 0. The van der Waals surface area contributed by atoms with Gasteiger partial charge in [-0.25, -0.2) is 0 Å². The van der Waals surface area contributed by atoms with Gasteiger partial charge in [0.15, 0.2) is 5.82 Å². The molecule has 0 aliphatic carbocycles. The number of nitrogen functional groups attached to an aromatic ring is 1. The second kappa shape index (κ2) is 7.69. The summed E-state index contributed by atoms with van der Waals surface area (Å²) in [5.74, 6) is 1.62. The van der Waals surface area contributed by atoms with Crippen LogP contribution in [0, 0.1) is 5.41 Å². The molecule has 1 saturated heterocycles. The fraction of sp³-hybridized carbons (Fsp3) is 0.429. The largest absolute Gasteiger partial charge is 0.491 e. The molecule has 29 heavy (non-hydrogen) atoms. The molecule has 1 fully saturated rings. The van der Waals surface area contributed by atoms with E-state index in [4.69, 9.17) is 15.9 Å². The van der Waals surface area contributed by atoms with Crippen LogP contribution in [0.1, 0.15) is 33.0 Å². The monoisotopic (exact) mass is 397 g/mol. The van der Waals surface area contributed by atoms with Crippen LogP contribution in [0.25, 0.3) is 0 Å². The summed E-state index contributed by atoms with van der Waals surface area (Å²) in [6.07, 6.45) is 5.26. The molecule has 1 unspecified atom stereocenters. The smallest absolute Gasteiger partial charge is 0.151 e. The van der Waals surface area contributed by atoms with Gasteiger partial charge in [0.05, 0.1) is 24.2 Å². The molecular weight excluding hydrogens is 366 g/mol. The normalized spacial score (nSPS) is 18.6. The third kappa shape index (κ3) is 3.87. The van der Waals surface area contributed by atoms with Gasteiger partial charge in [-0.05, 0) is 38.5 Å². The van der Waals surface area contributed by atoms with Crippen molar-refractivity contribution < 1.29 is 6.16 Å². The minimum atomic E-state index is 0. The number of ether oxygens (including phenoxy) is 1. The van der Waals surface area contributed by atoms with E-state index >= 15 is 0 Å². The Hall–Kier alpha value is -3.16. The molecular formula is C21H31N7O. The van der Waals surface area contributed by atoms with Crippen molar-refractivity contribution in [2.75, 3.05) is 30.4 Å². The molecule has 0 amide bonds. The molecule has 2 aromatic rings. The SMILES string of the molecule is CC(C)Oc1ccc(N)c(C(=N)c2cc(N3CCC(N4C=CNC4)C3)nn2C)c1.[HH]. The zero-order valence-electron chi connectivity index (χ0n) is 17.2. The van der Waals surface area contributed by atoms with Gasteiger partial charge in [0.1, 0.15) is 5.75 Å². The number of benzene rings is 1. The summed E-state index contributed by atoms with van der Waals surface area (Å²) in [7, 11) is 1.87. The van der Waals surface area contributed by atoms with Crippen LogP contribution in [0.4, 0.5) is 11.5 Å². The Kier molecular flexibility index (Phi) is 5.08. The Morgan fingerprint density at radius 2 is 2.21 bits per heavy atom. The molecule has 4 N–H and O–H groups in total. The third-order valence-electron chi connectivity index (χ3n) is 5.40. The number of aromatic nitrogens is 2. The number of nitrogens with zero attached hydrogens (tertiary/aromatic N) is 4. The molecule has 0 bridgehead atoms. The summed E-state index contributed by atoms with van der Waals surface area (Å²) in [5.41, 5.74) is 8.47. The third-order valence-corrected chi connectivity index (χ3v) is 5.40. The lowest BCUT2D eigenvalue weighted by molar-refractivity contribution is 0.242. The van der Waals surface area contributed by atoms with Gasteiger partial charge in [-0.2, -0.15) is 5.10 Å². The van der Waals surface area contributed by atoms with E-state index in [-0.39, 0.29) is 7.53 Å². The maximum absolute atomic E-state index is 8.75. The average Bonchev–Trinajstić information content (AvgIpc) is 3.42. The van der Waals surface area contributed by atoms with E-state index < -0.39 is 0 Å². The molecule has 4 rings (SSSR count). The van der Waals surface area contributed by atoms with Gasteiger partial charge in [0.25, 0.3) is 0 Å². The Labute approximate surface area is 172 Å². The van der Waals surface area contributed by atoms with Crippen molar-refractivity contribution >= 4 is 17.2 Å². The Morgan fingerprint density at radius 3 is 2.93 bits per heavy atom. The van der Waals surface area contributed by atoms with E-state index in [9.17, 15) is 0 Å². The van der Waals surface area contributed by atoms with Crippen molar-refractivity contribution in [3.8, 4) is 5.75 Å². The summed E-state index contributed by atoms with van der Waals surface area (Å²) in [6, 6.07) is 7.93. The first-order valence-corrected chi connectivity index (χ1v) is 10.0. The zero-order chi connectivity index (χ0) is 20.5. The minimum Gasteiger partial charge on any atom is -0.491 e. The summed E-state index contributed by atoms with van der Waals surface area (Å²) in [5, 5.41) is 16.7. The van der Waals surface area contributed by atoms with Gasteiger partial charge in [0.2, 0.25) is 0 Å². The lowest BCUT2D eigenvalue weighted by atomic mass is 10.0. The van der Waals surface area contributed by atoms with Crippen LogP contribution in [0.2, 0.25) is 0 Å². The minimum absolute atomic E-state index is 0. The van der Waals surface area contributed by atoms with Crippen LogP contribution in [-0.2, 0) is 7.05 Å². The molecule has 1 atom stereocenters. The first-order chi connectivity index (χ1) is 13.9. The average molecular weight is 398 g/mol. The molecule has 1 aromatic heterocycles. The van der Waals surface area contributed by atoms with Crippen LogP contribution < -0.4 is 20.7 Å². The topological polar surface area (TPSA) is 95.4 Å². The molecule has 156 valence electrons. The quantitative estimate of drug-likeness (QED) is 0.512. The second-order valence-corrected chi connectivity index (χ2v) is 7.88. The lowest BCUT2D eigenvalue weighted by Crippen LogP contribution is -2.34. The molecule has 0 saturated carbocycles. The summed E-state index contributed by atoms with van der Waals surface area (Å²) in [6.45, 7) is 6.71. The van der Waals surface area contributed by atoms with E-state index in [2.05, 4.69) is 26.4 Å². The van der Waals surface area contributed by atoms with E-state index in [1.54, 1.807) is 10.7 Å². The van der Waals surface area contributed by atoms with Crippen LogP contribution >= 0.6 is 0 Å². The van der Waals surface area contributed by atoms with Crippen molar-refractivity contribution in [2.24, 2.45) is 7.05 Å². The predicted molar refractivity (Wildman–Crippen MR) is 117 cm³/mol. The number of rotatable bonds is 6. The highest BCUT2D eigenvalue weighted by molar-refractivity contribution is 6.13. The molecule has 2 aliphatic heterocycles. The highest BCUT2D eigenvalue weighted by atomic mass is 16.5. The van der Waals surface area contributed by atoms with Crippen LogP contribution in [-0.4, -0.2) is 52.3 Å². The van der Waals surface area contributed by atoms with Crippen molar-refractivity contribution in [2.45, 2.75) is 32.4 Å². The van der Waals surface area contributed by atoms with Crippen molar-refractivity contribution in [3.63, 3.8) is 0 Å². The first kappa shape index (κ1) is 19.2. The Balaban J connectivity index is 0.00000256. The molecule has 1 aromatic carbocycles. The van der Waals surface area contributed by atoms with Crippen LogP contribution in [0.5, 0.6) is 5.75 Å². The molecule has 8 heteroatoms. The molecule has 0 spiro atoms. The maximum atomic E-state index is 8.75. The number of nitrogens with two attached hydrogens (primary N) is 1. The number of aryl methyl sites for hydroxylation is 1. The Bertz CT molecular complexity index is 939. The summed E-state index contributed by atoms with van der Waals surface area (Å²) < 4.78 is 7.54. The highest BCUT2D eigenvalue weighted by Gasteiger charge is 2.29. The van der Waals surface area contributed by atoms with Crippen LogP contribution in [0.15, 0.2) is 36.7 Å². The van der Waals surface area contributed by atoms with Gasteiger partial charge < -0.3 is 25.6 Å². The predicted octanol–water partition coefficient (Wildman–Crippen LogP) is 2.36. The highest BCUT2D eigenvalue weighted by Crippen LogP contribution is 2.27. The van der Waals surface area contributed by atoms with Gasteiger partial charge in [-0.1, -0.05) is 0 Å². The van der Waals surface area contributed by atoms with Gasteiger partial charge in [0, 0.05) is 57.3 Å². The molecule has 8 nitrogen and oxygen atoms in total. The second-order valence-electron chi connectivity index (χ2n) is 7.88. The summed E-state index contributed by atoms with van der Waals surface area (Å²) in [4.78, 5) is 4.61.